The van der Waals surface area contributed by atoms with Crippen LogP contribution in [0, 0.1) is 13.8 Å². The van der Waals surface area contributed by atoms with Crippen LogP contribution in [0.25, 0.3) is 0 Å². The highest BCUT2D eigenvalue weighted by molar-refractivity contribution is 6.25. The molecule has 0 heterocycles. The molecule has 0 aliphatic heterocycles. The van der Waals surface area contributed by atoms with Gasteiger partial charge in [-0.3, -0.25) is 0 Å². The number of nitrogens with zero attached hydrogens (tertiary/aromatic N) is 1. The van der Waals surface area contributed by atoms with Gasteiger partial charge in [-0.25, -0.2) is 10.4 Å². The Morgan fingerprint density at radius 2 is 2.00 bits per heavy atom. The first-order valence-electron chi connectivity index (χ1n) is 3.39. The van der Waals surface area contributed by atoms with E-state index >= 15 is 0 Å². The topological polar surface area (TPSA) is 29.3 Å². The number of nitrogens with two attached hydrogens (primary N) is 1. The first-order chi connectivity index (χ1) is 5.11. The zero-order valence-corrected chi connectivity index (χ0v) is 7.39. The van der Waals surface area contributed by atoms with Gasteiger partial charge in [0.2, 0.25) is 0 Å². The summed E-state index contributed by atoms with van der Waals surface area (Å²) < 4.78 is 1.11. The zero-order chi connectivity index (χ0) is 8.43. The SMILES string of the molecule is Cc1ccc(C)c(N(N)Cl)c1. The summed E-state index contributed by atoms with van der Waals surface area (Å²) in [6.45, 7) is 3.97. The van der Waals surface area contributed by atoms with Crippen molar-refractivity contribution in [3.05, 3.63) is 29.3 Å². The molecule has 1 aromatic carbocycles. The molecule has 0 atom stereocenters. The summed E-state index contributed by atoms with van der Waals surface area (Å²) in [6.07, 6.45) is 0. The molecule has 0 aliphatic carbocycles. The van der Waals surface area contributed by atoms with Crippen LogP contribution in [0.3, 0.4) is 0 Å². The van der Waals surface area contributed by atoms with E-state index in [-0.39, 0.29) is 0 Å². The maximum absolute atomic E-state index is 5.59. The lowest BCUT2D eigenvalue weighted by atomic mass is 10.1. The largest absolute Gasteiger partial charge is 0.232 e. The summed E-state index contributed by atoms with van der Waals surface area (Å²) in [4.78, 5) is 0. The van der Waals surface area contributed by atoms with E-state index in [4.69, 9.17) is 17.6 Å². The van der Waals surface area contributed by atoms with Gasteiger partial charge < -0.3 is 0 Å². The second-order valence-electron chi connectivity index (χ2n) is 2.60. The zero-order valence-electron chi connectivity index (χ0n) is 6.63. The van der Waals surface area contributed by atoms with Gasteiger partial charge in [-0.05, 0) is 31.0 Å². The Kier molecular flexibility index (Phi) is 2.37. The lowest BCUT2D eigenvalue weighted by molar-refractivity contribution is 1.16. The van der Waals surface area contributed by atoms with Crippen molar-refractivity contribution < 1.29 is 0 Å². The molecule has 0 radical (unpaired) electrons. The van der Waals surface area contributed by atoms with Gasteiger partial charge >= 0.3 is 0 Å². The quantitative estimate of drug-likeness (QED) is 0.398. The van der Waals surface area contributed by atoms with Gasteiger partial charge in [0.05, 0.1) is 5.69 Å². The van der Waals surface area contributed by atoms with Crippen LogP contribution in [0.1, 0.15) is 11.1 Å². The highest BCUT2D eigenvalue weighted by Gasteiger charge is 2.01. The fourth-order valence-corrected chi connectivity index (χ4v) is 1.13. The predicted octanol–water partition coefficient (Wildman–Crippen LogP) is 2.14. The molecular formula is C8H11ClN2. The van der Waals surface area contributed by atoms with Gasteiger partial charge in [0, 0.05) is 11.8 Å². The van der Waals surface area contributed by atoms with Crippen molar-refractivity contribution >= 4 is 17.5 Å². The summed E-state index contributed by atoms with van der Waals surface area (Å²) in [5.41, 5.74) is 3.08. The number of halogens is 1. The molecule has 1 aromatic rings. The smallest absolute Gasteiger partial charge is 0.0735 e. The summed E-state index contributed by atoms with van der Waals surface area (Å²) in [5, 5.41) is 0. The molecule has 2 nitrogen and oxygen atoms in total. The molecule has 0 bridgehead atoms. The molecular weight excluding hydrogens is 160 g/mol. The molecule has 0 amide bonds. The second-order valence-corrected chi connectivity index (χ2v) is 2.97. The Balaban J connectivity index is 3.13. The monoisotopic (exact) mass is 170 g/mol. The van der Waals surface area contributed by atoms with E-state index in [2.05, 4.69) is 0 Å². The third-order valence-electron chi connectivity index (χ3n) is 1.59. The first kappa shape index (κ1) is 8.37. The fourth-order valence-electron chi connectivity index (χ4n) is 0.950. The Morgan fingerprint density at radius 1 is 1.36 bits per heavy atom. The summed E-state index contributed by atoms with van der Waals surface area (Å²) in [5.74, 6) is 5.38. The van der Waals surface area contributed by atoms with Gasteiger partial charge in [-0.2, -0.15) is 0 Å². The van der Waals surface area contributed by atoms with Gasteiger partial charge in [0.25, 0.3) is 0 Å². The van der Waals surface area contributed by atoms with Crippen molar-refractivity contribution in [1.82, 2.24) is 0 Å². The summed E-state index contributed by atoms with van der Waals surface area (Å²) in [7, 11) is 0. The summed E-state index contributed by atoms with van der Waals surface area (Å²) in [6, 6.07) is 5.97. The number of hydrogen-bond donors (Lipinski definition) is 1. The van der Waals surface area contributed by atoms with Crippen molar-refractivity contribution in [2.24, 2.45) is 5.84 Å². The minimum atomic E-state index is 0.853. The lowest BCUT2D eigenvalue weighted by Gasteiger charge is -2.11. The molecule has 0 unspecified atom stereocenters. The highest BCUT2D eigenvalue weighted by atomic mass is 35.5. The van der Waals surface area contributed by atoms with Crippen LogP contribution in [0.4, 0.5) is 5.69 Å². The van der Waals surface area contributed by atoms with Crippen molar-refractivity contribution in [3.63, 3.8) is 0 Å². The average Bonchev–Trinajstić information content (AvgIpc) is 1.94. The van der Waals surface area contributed by atoms with Crippen molar-refractivity contribution in [1.29, 1.82) is 0 Å². The maximum Gasteiger partial charge on any atom is 0.0735 e. The molecule has 0 saturated carbocycles. The van der Waals surface area contributed by atoms with Crippen LogP contribution >= 0.6 is 11.8 Å². The van der Waals surface area contributed by atoms with Gasteiger partial charge in [-0.1, -0.05) is 12.1 Å². The standard InChI is InChI=1S/C8H11ClN2/c1-6-3-4-7(2)8(5-6)11(9)10/h3-5H,10H2,1-2H3. The van der Waals surface area contributed by atoms with E-state index in [0.29, 0.717) is 0 Å². The second kappa shape index (κ2) is 3.11. The molecule has 3 heteroatoms. The molecule has 11 heavy (non-hydrogen) atoms. The Hall–Kier alpha value is -0.730. The fraction of sp³-hybridized carbons (Fsp3) is 0.250. The molecule has 0 spiro atoms. The van der Waals surface area contributed by atoms with Crippen LogP contribution in [0.15, 0.2) is 18.2 Å². The Labute approximate surface area is 71.6 Å². The van der Waals surface area contributed by atoms with Crippen LogP contribution in [0.5, 0.6) is 0 Å². The van der Waals surface area contributed by atoms with E-state index in [1.165, 1.54) is 0 Å². The molecule has 0 saturated heterocycles. The minimum Gasteiger partial charge on any atom is -0.232 e. The first-order valence-corrected chi connectivity index (χ1v) is 3.73. The van der Waals surface area contributed by atoms with Crippen molar-refractivity contribution in [2.75, 3.05) is 4.53 Å². The third kappa shape index (κ3) is 1.85. The normalized spacial score (nSPS) is 9.82. The van der Waals surface area contributed by atoms with E-state index < -0.39 is 0 Å². The number of hydrogen-bond acceptors (Lipinski definition) is 2. The van der Waals surface area contributed by atoms with Gasteiger partial charge in [0.1, 0.15) is 0 Å². The van der Waals surface area contributed by atoms with Crippen LogP contribution in [-0.4, -0.2) is 0 Å². The predicted molar refractivity (Wildman–Crippen MR) is 48.4 cm³/mol. The van der Waals surface area contributed by atoms with E-state index in [1.807, 2.05) is 32.0 Å². The molecule has 0 fully saturated rings. The molecule has 60 valence electrons. The minimum absolute atomic E-state index is 0.853. The third-order valence-corrected chi connectivity index (χ3v) is 1.78. The van der Waals surface area contributed by atoms with Crippen molar-refractivity contribution in [3.8, 4) is 0 Å². The Bertz CT molecular complexity index is 258. The molecule has 0 aliphatic rings. The van der Waals surface area contributed by atoms with Crippen LogP contribution < -0.4 is 10.4 Å². The van der Waals surface area contributed by atoms with E-state index in [9.17, 15) is 0 Å². The average molecular weight is 171 g/mol. The lowest BCUT2D eigenvalue weighted by Crippen LogP contribution is -2.19. The molecule has 2 N–H and O–H groups in total. The highest BCUT2D eigenvalue weighted by Crippen LogP contribution is 2.19. The molecule has 1 rings (SSSR count). The van der Waals surface area contributed by atoms with Gasteiger partial charge in [0.15, 0.2) is 0 Å². The van der Waals surface area contributed by atoms with Crippen LogP contribution in [0.2, 0.25) is 0 Å². The number of aryl methyl sites for hydroxylation is 2. The van der Waals surface area contributed by atoms with Gasteiger partial charge in [-0.15, -0.1) is 0 Å². The maximum atomic E-state index is 5.59. The van der Waals surface area contributed by atoms with Crippen LogP contribution in [-0.2, 0) is 0 Å². The van der Waals surface area contributed by atoms with Crippen molar-refractivity contribution in [2.45, 2.75) is 13.8 Å². The number of benzene rings is 1. The summed E-state index contributed by atoms with van der Waals surface area (Å²) >= 11 is 5.59. The number of hydrazine groups is 1. The number of anilines is 1. The number of rotatable bonds is 1. The van der Waals surface area contributed by atoms with E-state index in [0.717, 1.165) is 21.3 Å². The Morgan fingerprint density at radius 3 is 2.45 bits per heavy atom. The van der Waals surface area contributed by atoms with E-state index in [1.54, 1.807) is 0 Å². The molecule has 0 aromatic heterocycles.